The van der Waals surface area contributed by atoms with Gasteiger partial charge in [-0.25, -0.2) is 0 Å². The van der Waals surface area contributed by atoms with Gasteiger partial charge in [0.25, 0.3) is 0 Å². The van der Waals surface area contributed by atoms with E-state index >= 15 is 0 Å². The van der Waals surface area contributed by atoms with E-state index in [0.717, 1.165) is 37.6 Å². The van der Waals surface area contributed by atoms with E-state index in [1.54, 1.807) is 7.11 Å². The zero-order valence-electron chi connectivity index (χ0n) is 13.7. The molecule has 4 nitrogen and oxygen atoms in total. The van der Waals surface area contributed by atoms with Gasteiger partial charge in [0, 0.05) is 6.54 Å². The van der Waals surface area contributed by atoms with Crippen molar-refractivity contribution < 1.29 is 4.74 Å². The number of aryl methyl sites for hydroxylation is 2. The lowest BCUT2D eigenvalue weighted by molar-refractivity contribution is 0.414. The van der Waals surface area contributed by atoms with Crippen molar-refractivity contribution in [2.75, 3.05) is 20.2 Å². The Morgan fingerprint density at radius 2 is 1.88 bits per heavy atom. The van der Waals surface area contributed by atoms with Gasteiger partial charge in [0.05, 0.1) is 19.7 Å². The summed E-state index contributed by atoms with van der Waals surface area (Å²) in [4.78, 5) is 4.51. The minimum atomic E-state index is 0. The van der Waals surface area contributed by atoms with Gasteiger partial charge in [0.15, 0.2) is 5.96 Å². The van der Waals surface area contributed by atoms with Crippen LogP contribution in [-0.4, -0.2) is 26.2 Å². The van der Waals surface area contributed by atoms with Gasteiger partial charge in [0.2, 0.25) is 0 Å². The third kappa shape index (κ3) is 3.22. The van der Waals surface area contributed by atoms with E-state index < -0.39 is 0 Å². The normalized spacial score (nSPS) is 18.2. The summed E-state index contributed by atoms with van der Waals surface area (Å²) < 4.78 is 5.41. The van der Waals surface area contributed by atoms with Crippen LogP contribution < -0.4 is 15.4 Å². The molecule has 2 aliphatic rings. The van der Waals surface area contributed by atoms with Crippen molar-refractivity contribution in [2.45, 2.75) is 18.9 Å². The lowest BCUT2D eigenvalue weighted by Gasteiger charge is -2.23. The molecule has 24 heavy (non-hydrogen) atoms. The first kappa shape index (κ1) is 17.1. The topological polar surface area (TPSA) is 45.6 Å². The summed E-state index contributed by atoms with van der Waals surface area (Å²) in [5.41, 5.74) is 5.40. The number of halogens is 1. The Morgan fingerprint density at radius 3 is 2.67 bits per heavy atom. The number of fused-ring (bicyclic) bond motifs is 2. The quantitative estimate of drug-likeness (QED) is 0.714. The van der Waals surface area contributed by atoms with E-state index in [4.69, 9.17) is 4.74 Å². The molecule has 0 spiro atoms. The molecule has 2 aromatic carbocycles. The molecule has 0 saturated carbocycles. The number of nitrogens with zero attached hydrogens (tertiary/aromatic N) is 1. The first-order valence-corrected chi connectivity index (χ1v) is 8.14. The zero-order chi connectivity index (χ0) is 15.6. The molecule has 1 unspecified atom stereocenters. The maximum Gasteiger partial charge on any atom is 0.192 e. The predicted molar refractivity (Wildman–Crippen MR) is 108 cm³/mol. The fraction of sp³-hybridized carbons (Fsp3) is 0.316. The maximum atomic E-state index is 5.41. The fourth-order valence-electron chi connectivity index (χ4n) is 3.47. The summed E-state index contributed by atoms with van der Waals surface area (Å²) in [7, 11) is 1.72. The number of hydrogen-bond acceptors (Lipinski definition) is 4. The minimum Gasteiger partial charge on any atom is -0.497 e. The second-order valence-electron chi connectivity index (χ2n) is 6.00. The first-order valence-electron chi connectivity index (χ1n) is 8.14. The van der Waals surface area contributed by atoms with Crippen LogP contribution in [0.5, 0.6) is 5.75 Å². The van der Waals surface area contributed by atoms with Gasteiger partial charge in [-0.3, -0.25) is 4.99 Å². The van der Waals surface area contributed by atoms with E-state index in [2.05, 4.69) is 52.0 Å². The molecular weight excluding hydrogens is 413 g/mol. The molecule has 4 rings (SSSR count). The number of nitrogens with one attached hydrogen (secondary N) is 2. The maximum absolute atomic E-state index is 5.41. The van der Waals surface area contributed by atoms with Crippen molar-refractivity contribution in [2.24, 2.45) is 4.99 Å². The van der Waals surface area contributed by atoms with Gasteiger partial charge >= 0.3 is 0 Å². The third-order valence-corrected chi connectivity index (χ3v) is 4.65. The predicted octanol–water partition coefficient (Wildman–Crippen LogP) is 3.05. The molecule has 5 heteroatoms. The standard InChI is InChI=1S/C19H21N3O.HI/c1-23-15-8-9-17-14(12-15)7-6-13-4-2-3-5-16(13)18(17)22-19-20-10-11-21-19;/h2-5,8-9,12,18H,6-7,10-11H2,1H3,(H2,20,21,22);1H. The van der Waals surface area contributed by atoms with Crippen LogP contribution in [0.15, 0.2) is 47.5 Å². The van der Waals surface area contributed by atoms with Gasteiger partial charge in [-0.2, -0.15) is 0 Å². The molecule has 0 aromatic heterocycles. The molecule has 2 aromatic rings. The van der Waals surface area contributed by atoms with Crippen LogP contribution in [0.3, 0.4) is 0 Å². The van der Waals surface area contributed by atoms with E-state index in [0.29, 0.717) is 0 Å². The number of hydrogen-bond donors (Lipinski definition) is 2. The highest BCUT2D eigenvalue weighted by Gasteiger charge is 2.25. The summed E-state index contributed by atoms with van der Waals surface area (Å²) in [5.74, 6) is 1.82. The van der Waals surface area contributed by atoms with Crippen molar-refractivity contribution >= 4 is 29.9 Å². The Balaban J connectivity index is 0.00000169. The number of methoxy groups -OCH3 is 1. The van der Waals surface area contributed by atoms with Gasteiger partial charge in [-0.05, 0) is 47.2 Å². The van der Waals surface area contributed by atoms with Crippen molar-refractivity contribution in [3.63, 3.8) is 0 Å². The molecule has 1 heterocycles. The van der Waals surface area contributed by atoms with E-state index in [1.807, 2.05) is 6.07 Å². The average molecular weight is 435 g/mol. The monoisotopic (exact) mass is 435 g/mol. The number of ether oxygens (including phenoxy) is 1. The SMILES string of the molecule is COc1ccc2c(c1)CCc1ccccc1C2NC1=NCCN1.I. The summed E-state index contributed by atoms with van der Waals surface area (Å²) in [6.07, 6.45) is 2.08. The Hall–Kier alpha value is -1.76. The second kappa shape index (κ2) is 7.42. The summed E-state index contributed by atoms with van der Waals surface area (Å²) in [5, 5.41) is 6.93. The van der Waals surface area contributed by atoms with Crippen LogP contribution >= 0.6 is 24.0 Å². The fourth-order valence-corrected chi connectivity index (χ4v) is 3.47. The number of benzene rings is 2. The van der Waals surface area contributed by atoms with Gasteiger partial charge in [-0.1, -0.05) is 30.3 Å². The molecule has 0 saturated heterocycles. The molecule has 2 N–H and O–H groups in total. The Morgan fingerprint density at radius 1 is 1.08 bits per heavy atom. The molecule has 0 bridgehead atoms. The number of guanidine groups is 1. The molecule has 1 aliphatic carbocycles. The van der Waals surface area contributed by atoms with Crippen molar-refractivity contribution in [3.8, 4) is 5.75 Å². The summed E-state index contributed by atoms with van der Waals surface area (Å²) >= 11 is 0. The summed E-state index contributed by atoms with van der Waals surface area (Å²) in [6, 6.07) is 15.2. The van der Waals surface area contributed by atoms with Crippen LogP contribution in [0.1, 0.15) is 28.3 Å². The Bertz CT molecular complexity index is 760. The third-order valence-electron chi connectivity index (χ3n) is 4.65. The van der Waals surface area contributed by atoms with Gasteiger partial charge in [-0.15, -0.1) is 24.0 Å². The highest BCUT2D eigenvalue weighted by atomic mass is 127. The van der Waals surface area contributed by atoms with Crippen molar-refractivity contribution in [1.29, 1.82) is 0 Å². The Kier molecular flexibility index (Phi) is 5.28. The van der Waals surface area contributed by atoms with E-state index in [1.165, 1.54) is 22.3 Å². The smallest absolute Gasteiger partial charge is 0.192 e. The van der Waals surface area contributed by atoms with E-state index in [-0.39, 0.29) is 30.0 Å². The lowest BCUT2D eigenvalue weighted by Crippen LogP contribution is -2.37. The van der Waals surface area contributed by atoms with Crippen LogP contribution in [-0.2, 0) is 12.8 Å². The minimum absolute atomic E-state index is 0. The van der Waals surface area contributed by atoms with Crippen LogP contribution in [0.4, 0.5) is 0 Å². The van der Waals surface area contributed by atoms with E-state index in [9.17, 15) is 0 Å². The molecular formula is C19H22IN3O. The van der Waals surface area contributed by atoms with Crippen LogP contribution in [0.2, 0.25) is 0 Å². The number of rotatable bonds is 2. The van der Waals surface area contributed by atoms with Crippen LogP contribution in [0.25, 0.3) is 0 Å². The molecule has 0 radical (unpaired) electrons. The van der Waals surface area contributed by atoms with Crippen molar-refractivity contribution in [3.05, 3.63) is 64.7 Å². The highest BCUT2D eigenvalue weighted by molar-refractivity contribution is 14.0. The van der Waals surface area contributed by atoms with Crippen molar-refractivity contribution in [1.82, 2.24) is 10.6 Å². The average Bonchev–Trinajstić information content (AvgIpc) is 3.06. The molecule has 126 valence electrons. The molecule has 0 fully saturated rings. The molecule has 1 atom stereocenters. The van der Waals surface area contributed by atoms with Crippen LogP contribution in [0, 0.1) is 0 Å². The highest BCUT2D eigenvalue weighted by Crippen LogP contribution is 2.34. The first-order chi connectivity index (χ1) is 11.3. The second-order valence-corrected chi connectivity index (χ2v) is 6.00. The number of aliphatic imine (C=N–C) groups is 1. The van der Waals surface area contributed by atoms with Gasteiger partial charge < -0.3 is 15.4 Å². The largest absolute Gasteiger partial charge is 0.497 e. The van der Waals surface area contributed by atoms with Gasteiger partial charge in [0.1, 0.15) is 5.75 Å². The molecule has 0 amide bonds. The Labute approximate surface area is 159 Å². The summed E-state index contributed by atoms with van der Waals surface area (Å²) in [6.45, 7) is 1.75. The zero-order valence-corrected chi connectivity index (χ0v) is 16.0. The lowest BCUT2D eigenvalue weighted by atomic mass is 9.94. The molecule has 1 aliphatic heterocycles.